The molecule has 0 bridgehead atoms. The van der Waals surface area contributed by atoms with E-state index >= 15 is 0 Å². The number of hydrogen-bond acceptors (Lipinski definition) is 7. The first-order valence-electron chi connectivity index (χ1n) is 4.54. The van der Waals surface area contributed by atoms with E-state index < -0.39 is 12.0 Å². The van der Waals surface area contributed by atoms with Crippen LogP contribution in [0.2, 0.25) is 0 Å². The van der Waals surface area contributed by atoms with Gasteiger partial charge in [0.15, 0.2) is 4.34 Å². The Balaban J connectivity index is 2.31. The van der Waals surface area contributed by atoms with Gasteiger partial charge in [-0.1, -0.05) is 11.3 Å². The highest BCUT2D eigenvalue weighted by Gasteiger charge is 2.35. The number of anilines is 1. The van der Waals surface area contributed by atoms with Crippen molar-refractivity contribution in [1.82, 2.24) is 20.2 Å². The highest BCUT2D eigenvalue weighted by Crippen LogP contribution is 2.32. The number of aryl methyl sites for hydroxylation is 1. The van der Waals surface area contributed by atoms with Gasteiger partial charge >= 0.3 is 6.18 Å². The van der Waals surface area contributed by atoms with Gasteiger partial charge < -0.3 is 5.73 Å². The molecule has 10 heteroatoms. The zero-order valence-electron chi connectivity index (χ0n) is 8.89. The summed E-state index contributed by atoms with van der Waals surface area (Å²) in [6.07, 6.45) is -4.62. The number of rotatable bonds is 2. The van der Waals surface area contributed by atoms with Crippen LogP contribution in [-0.2, 0) is 6.18 Å². The minimum absolute atomic E-state index is 0.0889. The molecule has 0 radical (unpaired) electrons. The van der Waals surface area contributed by atoms with Crippen molar-refractivity contribution in [3.63, 3.8) is 0 Å². The van der Waals surface area contributed by atoms with Gasteiger partial charge in [-0.2, -0.15) is 13.2 Å². The zero-order chi connectivity index (χ0) is 13.3. The molecule has 0 aliphatic heterocycles. The van der Waals surface area contributed by atoms with E-state index in [0.29, 0.717) is 4.34 Å². The van der Waals surface area contributed by atoms with E-state index in [1.165, 1.54) is 17.4 Å². The van der Waals surface area contributed by atoms with Gasteiger partial charge in [-0.25, -0.2) is 9.97 Å². The second kappa shape index (κ2) is 4.69. The predicted octanol–water partition coefficient (Wildman–Crippen LogP) is 2.39. The van der Waals surface area contributed by atoms with E-state index in [1.807, 2.05) is 0 Å². The van der Waals surface area contributed by atoms with Crippen LogP contribution in [0.3, 0.4) is 0 Å². The van der Waals surface area contributed by atoms with E-state index in [9.17, 15) is 13.2 Å². The molecule has 0 aliphatic carbocycles. The molecule has 0 aliphatic rings. The first-order valence-corrected chi connectivity index (χ1v) is 6.17. The predicted molar refractivity (Wildman–Crippen MR) is 60.2 cm³/mol. The minimum atomic E-state index is -4.62. The summed E-state index contributed by atoms with van der Waals surface area (Å²) in [5.41, 5.74) is 5.32. The fourth-order valence-electron chi connectivity index (χ4n) is 1.03. The van der Waals surface area contributed by atoms with Crippen LogP contribution in [0, 0.1) is 6.92 Å². The van der Waals surface area contributed by atoms with Gasteiger partial charge in [0.25, 0.3) is 0 Å². The van der Waals surface area contributed by atoms with Gasteiger partial charge in [-0.3, -0.25) is 0 Å². The summed E-state index contributed by atoms with van der Waals surface area (Å²) < 4.78 is 37.9. The summed E-state index contributed by atoms with van der Waals surface area (Å²) in [7, 11) is 0. The monoisotopic (exact) mass is 293 g/mol. The van der Waals surface area contributed by atoms with Gasteiger partial charge in [0, 0.05) is 6.07 Å². The first kappa shape index (κ1) is 13.0. The molecule has 0 spiro atoms. The number of halogens is 3. The van der Waals surface area contributed by atoms with Crippen LogP contribution in [-0.4, -0.2) is 20.2 Å². The molecule has 2 N–H and O–H groups in total. The first-order chi connectivity index (χ1) is 8.34. The maximum absolute atomic E-state index is 12.5. The van der Waals surface area contributed by atoms with Crippen molar-refractivity contribution in [1.29, 1.82) is 0 Å². The quantitative estimate of drug-likeness (QED) is 0.857. The van der Waals surface area contributed by atoms with Gasteiger partial charge in [0.1, 0.15) is 15.9 Å². The molecule has 0 aromatic carbocycles. The van der Waals surface area contributed by atoms with Crippen LogP contribution < -0.4 is 5.73 Å². The Kier molecular flexibility index (Phi) is 3.39. The molecule has 2 aromatic rings. The maximum Gasteiger partial charge on any atom is 0.451 e. The molecule has 0 saturated heterocycles. The van der Waals surface area contributed by atoms with Crippen LogP contribution in [0.25, 0.3) is 0 Å². The normalized spacial score (nSPS) is 11.8. The Bertz CT molecular complexity index is 568. The Labute approximate surface area is 108 Å². The topological polar surface area (TPSA) is 77.6 Å². The third-order valence-electron chi connectivity index (χ3n) is 1.68. The molecule has 18 heavy (non-hydrogen) atoms. The average Bonchev–Trinajstić information content (AvgIpc) is 2.61. The highest BCUT2D eigenvalue weighted by atomic mass is 32.2. The van der Waals surface area contributed by atoms with Gasteiger partial charge in [-0.05, 0) is 18.7 Å². The molecule has 0 atom stereocenters. The fraction of sp³-hybridized carbons (Fsp3) is 0.250. The zero-order valence-corrected chi connectivity index (χ0v) is 10.5. The van der Waals surface area contributed by atoms with E-state index in [1.54, 1.807) is 6.92 Å². The third kappa shape index (κ3) is 3.07. The molecular weight excluding hydrogens is 287 g/mol. The van der Waals surface area contributed by atoms with Crippen molar-refractivity contribution in [2.45, 2.75) is 22.5 Å². The van der Waals surface area contributed by atoms with Crippen molar-refractivity contribution in [2.75, 3.05) is 5.73 Å². The molecule has 2 aromatic heterocycles. The van der Waals surface area contributed by atoms with E-state index in [-0.39, 0.29) is 10.8 Å². The summed E-state index contributed by atoms with van der Waals surface area (Å²) >= 11 is 2.23. The van der Waals surface area contributed by atoms with Crippen molar-refractivity contribution < 1.29 is 13.2 Å². The lowest BCUT2D eigenvalue weighted by atomic mass is 10.5. The number of aromatic nitrogens is 4. The Morgan fingerprint density at radius 3 is 2.56 bits per heavy atom. The lowest BCUT2D eigenvalue weighted by molar-refractivity contribution is -0.145. The molecule has 2 heterocycles. The summed E-state index contributed by atoms with van der Waals surface area (Å²) in [4.78, 5) is 6.54. The number of nitrogens with zero attached hydrogens (tertiary/aromatic N) is 4. The smallest absolute Gasteiger partial charge is 0.384 e. The SMILES string of the molecule is Cc1nnc(Sc2cc(N)nc(C(F)(F)F)n2)s1. The average molecular weight is 293 g/mol. The Hall–Kier alpha value is -1.42. The van der Waals surface area contributed by atoms with Crippen LogP contribution in [0.5, 0.6) is 0 Å². The molecule has 0 fully saturated rings. The Morgan fingerprint density at radius 2 is 2.00 bits per heavy atom. The molecule has 0 unspecified atom stereocenters. The van der Waals surface area contributed by atoms with Crippen LogP contribution >= 0.6 is 23.1 Å². The molecular formula is C8H6F3N5S2. The fourth-order valence-corrected chi connectivity index (χ4v) is 2.80. The van der Waals surface area contributed by atoms with Crippen molar-refractivity contribution in [2.24, 2.45) is 0 Å². The van der Waals surface area contributed by atoms with Crippen LogP contribution in [0.4, 0.5) is 19.0 Å². The van der Waals surface area contributed by atoms with Crippen LogP contribution in [0.1, 0.15) is 10.8 Å². The molecule has 5 nitrogen and oxygen atoms in total. The summed E-state index contributed by atoms with van der Waals surface area (Å²) in [5, 5.41) is 8.35. The standard InChI is InChI=1S/C8H6F3N5S2/c1-3-15-16-7(17-3)18-5-2-4(12)13-6(14-5)8(9,10)11/h2H,1H3,(H2,12,13,14). The molecule has 2 rings (SSSR count). The van der Waals surface area contributed by atoms with E-state index in [0.717, 1.165) is 16.8 Å². The van der Waals surface area contributed by atoms with Crippen LogP contribution in [0.15, 0.2) is 15.4 Å². The third-order valence-corrected chi connectivity index (χ3v) is 3.48. The number of nitrogens with two attached hydrogens (primary N) is 1. The highest BCUT2D eigenvalue weighted by molar-refractivity contribution is 8.01. The molecule has 0 amide bonds. The Morgan fingerprint density at radius 1 is 1.28 bits per heavy atom. The second-order valence-electron chi connectivity index (χ2n) is 3.14. The van der Waals surface area contributed by atoms with E-state index in [4.69, 9.17) is 5.73 Å². The maximum atomic E-state index is 12.5. The van der Waals surface area contributed by atoms with Gasteiger partial charge in [-0.15, -0.1) is 10.2 Å². The van der Waals surface area contributed by atoms with Gasteiger partial charge in [0.05, 0.1) is 0 Å². The molecule has 96 valence electrons. The second-order valence-corrected chi connectivity index (χ2v) is 5.59. The number of hydrogen-bond donors (Lipinski definition) is 1. The van der Waals surface area contributed by atoms with Gasteiger partial charge in [0.2, 0.25) is 5.82 Å². The van der Waals surface area contributed by atoms with E-state index in [2.05, 4.69) is 20.2 Å². The number of nitrogen functional groups attached to an aromatic ring is 1. The minimum Gasteiger partial charge on any atom is -0.384 e. The van der Waals surface area contributed by atoms with Crippen molar-refractivity contribution in [3.8, 4) is 0 Å². The summed E-state index contributed by atoms with van der Waals surface area (Å²) in [5.74, 6) is -1.49. The summed E-state index contributed by atoms with van der Waals surface area (Å²) in [6.45, 7) is 1.75. The lowest BCUT2D eigenvalue weighted by Crippen LogP contribution is -2.12. The summed E-state index contributed by atoms with van der Waals surface area (Å²) in [6, 6.07) is 1.26. The van der Waals surface area contributed by atoms with Crippen molar-refractivity contribution in [3.05, 3.63) is 16.9 Å². The molecule has 0 saturated carbocycles. The van der Waals surface area contributed by atoms with Crippen molar-refractivity contribution >= 4 is 28.9 Å². The number of alkyl halides is 3. The lowest BCUT2D eigenvalue weighted by Gasteiger charge is -2.06. The largest absolute Gasteiger partial charge is 0.451 e.